The fraction of sp³-hybridized carbons (Fsp3) is 0.714. The van der Waals surface area contributed by atoms with Gasteiger partial charge in [-0.1, -0.05) is 0 Å². The van der Waals surface area contributed by atoms with Crippen molar-refractivity contribution in [3.8, 4) is 0 Å². The van der Waals surface area contributed by atoms with Crippen LogP contribution in [-0.2, 0) is 6.54 Å². The maximum atomic E-state index is 3.40. The number of nitrogens with one attached hydrogen (secondary N) is 2. The largest absolute Gasteiger partial charge is 0.367 e. The van der Waals surface area contributed by atoms with Crippen LogP contribution >= 0.6 is 0 Å². The average Bonchev–Trinajstić information content (AvgIpc) is 2.89. The van der Waals surface area contributed by atoms with E-state index in [1.54, 1.807) is 0 Å². The van der Waals surface area contributed by atoms with Crippen LogP contribution in [0.5, 0.6) is 0 Å². The second-order valence-electron chi connectivity index (χ2n) is 5.26. The number of aromatic amines is 1. The summed E-state index contributed by atoms with van der Waals surface area (Å²) in [6.07, 6.45) is 6.69. The van der Waals surface area contributed by atoms with Gasteiger partial charge in [0.25, 0.3) is 0 Å². The van der Waals surface area contributed by atoms with Crippen LogP contribution in [0.3, 0.4) is 0 Å². The van der Waals surface area contributed by atoms with Gasteiger partial charge in [0, 0.05) is 45.1 Å². The Hall–Kier alpha value is -0.840. The molecule has 1 aliphatic rings. The van der Waals surface area contributed by atoms with E-state index in [2.05, 4.69) is 39.4 Å². The molecule has 4 heteroatoms. The first kappa shape index (κ1) is 13.6. The molecule has 4 nitrogen and oxygen atoms in total. The molecule has 102 valence electrons. The van der Waals surface area contributed by atoms with Crippen molar-refractivity contribution in [3.63, 3.8) is 0 Å². The van der Waals surface area contributed by atoms with Crippen LogP contribution in [0.1, 0.15) is 18.4 Å². The van der Waals surface area contributed by atoms with Crippen LogP contribution in [0.25, 0.3) is 0 Å². The normalized spacial score (nSPS) is 17.4. The van der Waals surface area contributed by atoms with E-state index < -0.39 is 0 Å². The number of hydrogen-bond donors (Lipinski definition) is 2. The summed E-state index contributed by atoms with van der Waals surface area (Å²) in [4.78, 5) is 8.08. The number of unbranched alkanes of at least 4 members (excludes halogenated alkanes) is 1. The third kappa shape index (κ3) is 4.80. The first-order valence-electron chi connectivity index (χ1n) is 7.08. The molecule has 0 bridgehead atoms. The van der Waals surface area contributed by atoms with Crippen molar-refractivity contribution in [2.45, 2.75) is 19.4 Å². The summed E-state index contributed by atoms with van der Waals surface area (Å²) in [5.74, 6) is 0. The van der Waals surface area contributed by atoms with E-state index in [1.807, 2.05) is 6.20 Å². The number of aromatic nitrogens is 1. The number of piperazine rings is 1. The molecule has 0 amide bonds. The zero-order valence-corrected chi connectivity index (χ0v) is 11.5. The Labute approximate surface area is 110 Å². The highest BCUT2D eigenvalue weighted by Gasteiger charge is 2.08. The molecule has 0 saturated carbocycles. The Bertz CT molecular complexity index is 304. The monoisotopic (exact) mass is 250 g/mol. The molecule has 0 unspecified atom stereocenters. The zero-order valence-electron chi connectivity index (χ0n) is 11.5. The van der Waals surface area contributed by atoms with Crippen LogP contribution in [0.15, 0.2) is 18.5 Å². The summed E-state index contributed by atoms with van der Waals surface area (Å²) in [5, 5.41) is 3.40. The number of nitrogens with zero attached hydrogens (tertiary/aromatic N) is 2. The van der Waals surface area contributed by atoms with Gasteiger partial charge in [-0.3, -0.25) is 0 Å². The Kier molecular flexibility index (Phi) is 5.71. The lowest BCUT2D eigenvalue weighted by Crippen LogP contribution is -2.43. The van der Waals surface area contributed by atoms with Crippen molar-refractivity contribution in [2.75, 3.05) is 46.3 Å². The summed E-state index contributed by atoms with van der Waals surface area (Å²) in [6, 6.07) is 2.15. The summed E-state index contributed by atoms with van der Waals surface area (Å²) in [6.45, 7) is 8.27. The molecule has 1 aromatic rings. The molecule has 1 fully saturated rings. The van der Waals surface area contributed by atoms with E-state index in [9.17, 15) is 0 Å². The van der Waals surface area contributed by atoms with Crippen LogP contribution in [0.4, 0.5) is 0 Å². The Morgan fingerprint density at radius 1 is 1.28 bits per heavy atom. The van der Waals surface area contributed by atoms with Gasteiger partial charge in [-0.15, -0.1) is 0 Å². The Morgan fingerprint density at radius 2 is 2.11 bits per heavy atom. The van der Waals surface area contributed by atoms with E-state index in [1.165, 1.54) is 44.6 Å². The van der Waals surface area contributed by atoms with Crippen LogP contribution in [0, 0.1) is 0 Å². The topological polar surface area (TPSA) is 34.3 Å². The van der Waals surface area contributed by atoms with Crippen molar-refractivity contribution in [1.82, 2.24) is 20.1 Å². The average molecular weight is 250 g/mol. The van der Waals surface area contributed by atoms with Crippen LogP contribution < -0.4 is 5.32 Å². The van der Waals surface area contributed by atoms with Gasteiger partial charge in [-0.2, -0.15) is 0 Å². The van der Waals surface area contributed by atoms with Crippen molar-refractivity contribution >= 4 is 0 Å². The van der Waals surface area contributed by atoms with E-state index in [-0.39, 0.29) is 0 Å². The van der Waals surface area contributed by atoms with E-state index in [0.717, 1.165) is 19.6 Å². The third-order valence-corrected chi connectivity index (χ3v) is 3.59. The van der Waals surface area contributed by atoms with Crippen LogP contribution in [0.2, 0.25) is 0 Å². The molecule has 0 radical (unpaired) electrons. The summed E-state index contributed by atoms with van der Waals surface area (Å²) < 4.78 is 0. The van der Waals surface area contributed by atoms with Gasteiger partial charge in [0.2, 0.25) is 0 Å². The maximum absolute atomic E-state index is 3.40. The van der Waals surface area contributed by atoms with E-state index in [4.69, 9.17) is 0 Å². The number of H-pyrrole nitrogens is 1. The highest BCUT2D eigenvalue weighted by molar-refractivity contribution is 5.07. The molecule has 18 heavy (non-hydrogen) atoms. The van der Waals surface area contributed by atoms with Gasteiger partial charge in [-0.05, 0) is 44.6 Å². The predicted molar refractivity (Wildman–Crippen MR) is 75.7 cm³/mol. The van der Waals surface area contributed by atoms with Gasteiger partial charge in [0.15, 0.2) is 0 Å². The minimum absolute atomic E-state index is 1.05. The maximum Gasteiger partial charge on any atom is 0.0245 e. The van der Waals surface area contributed by atoms with Crippen LogP contribution in [-0.4, -0.2) is 61.1 Å². The van der Waals surface area contributed by atoms with Gasteiger partial charge in [-0.25, -0.2) is 0 Å². The second-order valence-corrected chi connectivity index (χ2v) is 5.26. The molecule has 1 saturated heterocycles. The lowest BCUT2D eigenvalue weighted by Gasteiger charge is -2.27. The molecule has 0 spiro atoms. The Morgan fingerprint density at radius 3 is 2.83 bits per heavy atom. The molecule has 2 heterocycles. The van der Waals surface area contributed by atoms with Crippen molar-refractivity contribution in [2.24, 2.45) is 0 Å². The van der Waals surface area contributed by atoms with Crippen molar-refractivity contribution in [1.29, 1.82) is 0 Å². The van der Waals surface area contributed by atoms with Gasteiger partial charge < -0.3 is 20.1 Å². The quantitative estimate of drug-likeness (QED) is 0.712. The number of hydrogen-bond acceptors (Lipinski definition) is 3. The fourth-order valence-corrected chi connectivity index (χ4v) is 2.50. The molecular weight excluding hydrogens is 224 g/mol. The first-order chi connectivity index (χ1) is 8.84. The number of rotatable bonds is 7. The zero-order chi connectivity index (χ0) is 12.6. The lowest BCUT2D eigenvalue weighted by atomic mass is 10.2. The first-order valence-corrected chi connectivity index (χ1v) is 7.08. The summed E-state index contributed by atoms with van der Waals surface area (Å²) in [5.41, 5.74) is 1.37. The summed E-state index contributed by atoms with van der Waals surface area (Å²) >= 11 is 0. The predicted octanol–water partition coefficient (Wildman–Crippen LogP) is 1.13. The second kappa shape index (κ2) is 7.56. The van der Waals surface area contributed by atoms with Gasteiger partial charge in [0.1, 0.15) is 0 Å². The molecule has 2 N–H and O–H groups in total. The molecule has 0 atom stereocenters. The standard InChI is InChI=1S/C14H26N4/c1-17(13-14-4-5-16-12-14)8-2-3-9-18-10-6-15-7-11-18/h4-5,12,15-16H,2-3,6-11,13H2,1H3. The van der Waals surface area contributed by atoms with Crippen molar-refractivity contribution < 1.29 is 0 Å². The van der Waals surface area contributed by atoms with Crippen molar-refractivity contribution in [3.05, 3.63) is 24.0 Å². The third-order valence-electron chi connectivity index (χ3n) is 3.59. The van der Waals surface area contributed by atoms with E-state index >= 15 is 0 Å². The molecule has 1 aromatic heterocycles. The molecule has 0 aromatic carbocycles. The minimum Gasteiger partial charge on any atom is -0.367 e. The lowest BCUT2D eigenvalue weighted by molar-refractivity contribution is 0.229. The Balaban J connectivity index is 1.52. The molecular formula is C14H26N4. The smallest absolute Gasteiger partial charge is 0.0245 e. The molecule has 0 aliphatic carbocycles. The van der Waals surface area contributed by atoms with Gasteiger partial charge >= 0.3 is 0 Å². The minimum atomic E-state index is 1.05. The van der Waals surface area contributed by atoms with E-state index in [0.29, 0.717) is 0 Å². The molecule has 1 aliphatic heterocycles. The molecule has 2 rings (SSSR count). The summed E-state index contributed by atoms with van der Waals surface area (Å²) in [7, 11) is 2.21. The fourth-order valence-electron chi connectivity index (χ4n) is 2.50. The SMILES string of the molecule is CN(CCCCN1CCNCC1)Cc1cc[nH]c1. The highest BCUT2D eigenvalue weighted by atomic mass is 15.2. The highest BCUT2D eigenvalue weighted by Crippen LogP contribution is 2.03. The van der Waals surface area contributed by atoms with Gasteiger partial charge in [0.05, 0.1) is 0 Å².